The molecule has 130 valence electrons. The number of aliphatic hydroxyl groups excluding tert-OH is 1. The van der Waals surface area contributed by atoms with Crippen LogP contribution < -0.4 is 5.73 Å². The van der Waals surface area contributed by atoms with Gasteiger partial charge in [-0.3, -0.25) is 4.79 Å². The van der Waals surface area contributed by atoms with Crippen LogP contribution in [0.15, 0.2) is 46.9 Å². The van der Waals surface area contributed by atoms with Crippen molar-refractivity contribution >= 4 is 18.3 Å². The number of nitrogens with two attached hydrogens (primary N) is 1. The molecule has 1 amide bonds. The number of benzene rings is 1. The lowest BCUT2D eigenvalue weighted by Gasteiger charge is -2.26. The zero-order valence-corrected chi connectivity index (χ0v) is 14.2. The van der Waals surface area contributed by atoms with Crippen molar-refractivity contribution in [3.8, 4) is 0 Å². The van der Waals surface area contributed by atoms with Gasteiger partial charge in [-0.25, -0.2) is 0 Å². The van der Waals surface area contributed by atoms with Crippen molar-refractivity contribution in [2.24, 2.45) is 5.73 Å². The van der Waals surface area contributed by atoms with Crippen molar-refractivity contribution in [1.29, 1.82) is 0 Å². The third-order valence-corrected chi connectivity index (χ3v) is 4.39. The summed E-state index contributed by atoms with van der Waals surface area (Å²) in [6.07, 6.45) is 1.83. The van der Waals surface area contributed by atoms with Crippen LogP contribution >= 0.6 is 12.4 Å². The van der Waals surface area contributed by atoms with Gasteiger partial charge in [0, 0.05) is 12.6 Å². The maximum absolute atomic E-state index is 12.6. The quantitative estimate of drug-likeness (QED) is 0.869. The van der Waals surface area contributed by atoms with E-state index in [1.165, 1.54) is 0 Å². The Hall–Kier alpha value is -1.82. The van der Waals surface area contributed by atoms with E-state index in [0.29, 0.717) is 24.5 Å². The Morgan fingerprint density at radius 3 is 2.71 bits per heavy atom. The lowest BCUT2D eigenvalue weighted by Crippen LogP contribution is -2.36. The number of hydrogen-bond donors (Lipinski definition) is 2. The second-order valence-corrected chi connectivity index (χ2v) is 5.93. The van der Waals surface area contributed by atoms with E-state index in [4.69, 9.17) is 10.2 Å². The predicted octanol–water partition coefficient (Wildman–Crippen LogP) is 2.89. The monoisotopic (exact) mass is 350 g/mol. The topological polar surface area (TPSA) is 79.7 Å². The molecule has 1 fully saturated rings. The highest BCUT2D eigenvalue weighted by Gasteiger charge is 2.32. The molecule has 0 bridgehead atoms. The molecule has 5 nitrogen and oxygen atoms in total. The minimum absolute atomic E-state index is 0. The summed E-state index contributed by atoms with van der Waals surface area (Å²) in [6, 6.07) is 13.0. The predicted molar refractivity (Wildman–Crippen MR) is 93.9 cm³/mol. The minimum atomic E-state index is -0.564. The molecule has 1 saturated heterocycles. The van der Waals surface area contributed by atoms with Crippen molar-refractivity contribution in [2.45, 2.75) is 38.0 Å². The van der Waals surface area contributed by atoms with E-state index in [9.17, 15) is 9.90 Å². The first kappa shape index (κ1) is 18.5. The number of halogens is 1. The molecule has 1 aromatic carbocycles. The van der Waals surface area contributed by atoms with Crippen LogP contribution in [-0.2, 0) is 6.54 Å². The van der Waals surface area contributed by atoms with E-state index in [0.717, 1.165) is 18.4 Å². The number of rotatable bonds is 5. The van der Waals surface area contributed by atoms with Crippen LogP contribution in [0.2, 0.25) is 0 Å². The fraction of sp³-hybridized carbons (Fsp3) is 0.389. The number of nitrogens with zero attached hydrogens (tertiary/aromatic N) is 1. The third kappa shape index (κ3) is 3.98. The molecule has 2 aromatic rings. The van der Waals surface area contributed by atoms with E-state index < -0.39 is 6.10 Å². The molecule has 2 heterocycles. The number of carbonyl (C=O) groups is 1. The first-order valence-electron chi connectivity index (χ1n) is 8.02. The lowest BCUT2D eigenvalue weighted by molar-refractivity contribution is 0.0635. The van der Waals surface area contributed by atoms with Crippen LogP contribution in [0.3, 0.4) is 0 Å². The molecule has 1 aromatic heterocycles. The Labute approximate surface area is 147 Å². The highest BCUT2D eigenvalue weighted by atomic mass is 35.5. The summed E-state index contributed by atoms with van der Waals surface area (Å²) in [5.41, 5.74) is 6.41. The summed E-state index contributed by atoms with van der Waals surface area (Å²) >= 11 is 0. The normalized spacial score (nSPS) is 18.2. The molecule has 6 heteroatoms. The van der Waals surface area contributed by atoms with Crippen molar-refractivity contribution in [1.82, 2.24) is 4.90 Å². The van der Waals surface area contributed by atoms with Gasteiger partial charge in [-0.1, -0.05) is 30.3 Å². The fourth-order valence-electron chi connectivity index (χ4n) is 3.16. The largest absolute Gasteiger partial charge is 0.455 e. The molecule has 0 saturated carbocycles. The van der Waals surface area contributed by atoms with Gasteiger partial charge in [-0.15, -0.1) is 12.4 Å². The van der Waals surface area contributed by atoms with Gasteiger partial charge in [0.15, 0.2) is 5.76 Å². The molecule has 1 aliphatic rings. The van der Waals surface area contributed by atoms with Gasteiger partial charge in [-0.2, -0.15) is 0 Å². The van der Waals surface area contributed by atoms with Gasteiger partial charge >= 0.3 is 0 Å². The van der Waals surface area contributed by atoms with E-state index in [1.807, 2.05) is 35.2 Å². The maximum atomic E-state index is 12.6. The number of hydrogen-bond acceptors (Lipinski definition) is 4. The highest BCUT2D eigenvalue weighted by Crippen LogP contribution is 2.28. The van der Waals surface area contributed by atoms with Crippen LogP contribution in [0.1, 0.15) is 47.2 Å². The molecule has 0 aliphatic carbocycles. The van der Waals surface area contributed by atoms with Crippen molar-refractivity contribution in [3.63, 3.8) is 0 Å². The summed E-state index contributed by atoms with van der Waals surface area (Å²) in [6.45, 7) is 0.979. The van der Waals surface area contributed by atoms with Gasteiger partial charge in [0.1, 0.15) is 5.76 Å². The number of amides is 1. The molecule has 24 heavy (non-hydrogen) atoms. The molecule has 1 aliphatic heterocycles. The summed E-state index contributed by atoms with van der Waals surface area (Å²) < 4.78 is 5.47. The molecular formula is C18H23ClN2O3. The fourth-order valence-corrected chi connectivity index (χ4v) is 3.16. The zero-order chi connectivity index (χ0) is 16.2. The molecule has 0 radical (unpaired) electrons. The first-order chi connectivity index (χ1) is 11.2. The summed E-state index contributed by atoms with van der Waals surface area (Å²) in [5.74, 6) is 0.812. The number of carbonyl (C=O) groups excluding carboxylic acids is 1. The first-order valence-corrected chi connectivity index (χ1v) is 8.02. The van der Waals surface area contributed by atoms with Crippen LogP contribution in [0.5, 0.6) is 0 Å². The summed E-state index contributed by atoms with van der Waals surface area (Å²) in [4.78, 5) is 14.4. The Morgan fingerprint density at radius 2 is 2.04 bits per heavy atom. The average Bonchev–Trinajstić information content (AvgIpc) is 3.24. The van der Waals surface area contributed by atoms with E-state index >= 15 is 0 Å². The Morgan fingerprint density at radius 1 is 1.29 bits per heavy atom. The third-order valence-electron chi connectivity index (χ3n) is 4.39. The Balaban J connectivity index is 0.00000208. The summed E-state index contributed by atoms with van der Waals surface area (Å²) in [7, 11) is 0. The van der Waals surface area contributed by atoms with Crippen molar-refractivity contribution in [3.05, 3.63) is 59.5 Å². The van der Waals surface area contributed by atoms with Gasteiger partial charge in [0.2, 0.25) is 0 Å². The lowest BCUT2D eigenvalue weighted by atomic mass is 10.0. The number of aliphatic hydroxyl groups is 1. The average molecular weight is 351 g/mol. The SMILES string of the molecule is Cl.NCc1ccc(C(=O)N2CCCC2CC(O)c2ccccc2)o1. The second kappa shape index (κ2) is 8.33. The standard InChI is InChI=1S/C18H22N2O3.ClH/c19-12-15-8-9-17(23-15)18(22)20-10-4-7-14(20)11-16(21)13-5-2-1-3-6-13;/h1-3,5-6,8-9,14,16,21H,4,7,10-12,19H2;1H. The summed E-state index contributed by atoms with van der Waals surface area (Å²) in [5, 5.41) is 10.4. The van der Waals surface area contributed by atoms with Gasteiger partial charge in [0.25, 0.3) is 5.91 Å². The maximum Gasteiger partial charge on any atom is 0.289 e. The van der Waals surface area contributed by atoms with Crippen molar-refractivity contribution < 1.29 is 14.3 Å². The Bertz CT molecular complexity index is 659. The van der Waals surface area contributed by atoms with Gasteiger partial charge < -0.3 is 20.2 Å². The van der Waals surface area contributed by atoms with Crippen LogP contribution in [0, 0.1) is 0 Å². The molecule has 3 rings (SSSR count). The van der Waals surface area contributed by atoms with Crippen LogP contribution in [0.4, 0.5) is 0 Å². The van der Waals surface area contributed by atoms with Crippen molar-refractivity contribution in [2.75, 3.05) is 6.54 Å². The molecular weight excluding hydrogens is 328 g/mol. The van der Waals surface area contributed by atoms with E-state index in [1.54, 1.807) is 12.1 Å². The molecule has 0 spiro atoms. The van der Waals surface area contributed by atoms with Gasteiger partial charge in [0.05, 0.1) is 12.6 Å². The molecule has 3 N–H and O–H groups in total. The minimum Gasteiger partial charge on any atom is -0.455 e. The van der Waals surface area contributed by atoms with E-state index in [2.05, 4.69) is 0 Å². The van der Waals surface area contributed by atoms with Crippen LogP contribution in [-0.4, -0.2) is 28.5 Å². The smallest absolute Gasteiger partial charge is 0.289 e. The molecule has 2 atom stereocenters. The highest BCUT2D eigenvalue weighted by molar-refractivity contribution is 5.92. The van der Waals surface area contributed by atoms with E-state index in [-0.39, 0.29) is 30.9 Å². The molecule has 2 unspecified atom stereocenters. The Kier molecular flexibility index (Phi) is 6.43. The zero-order valence-electron chi connectivity index (χ0n) is 13.4. The second-order valence-electron chi connectivity index (χ2n) is 5.93. The van der Waals surface area contributed by atoms with Crippen LogP contribution in [0.25, 0.3) is 0 Å². The number of likely N-dealkylation sites (tertiary alicyclic amines) is 1. The van der Waals surface area contributed by atoms with Gasteiger partial charge in [-0.05, 0) is 37.0 Å². The number of furan rings is 1.